The number of rotatable bonds is 9. The van der Waals surface area contributed by atoms with Crippen molar-refractivity contribution in [3.05, 3.63) is 18.2 Å². The molecule has 1 aliphatic carbocycles. The number of hydrogen-bond donors (Lipinski definition) is 2. The van der Waals surface area contributed by atoms with E-state index in [1.807, 2.05) is 6.92 Å². The van der Waals surface area contributed by atoms with Crippen LogP contribution >= 0.6 is 0 Å². The third kappa shape index (κ3) is 4.88. The number of hydrogen-bond acceptors (Lipinski definition) is 6. The smallest absolute Gasteiger partial charge is 0.244 e. The van der Waals surface area contributed by atoms with E-state index < -0.39 is 21.0 Å². The van der Waals surface area contributed by atoms with Crippen LogP contribution in [0.25, 0.3) is 0 Å². The number of carbonyl (C=O) groups is 1. The number of nitrogens with one attached hydrogen (secondary N) is 1. The molecule has 8 heteroatoms. The number of carbonyl (C=O) groups excluding carboxylic acids is 1. The van der Waals surface area contributed by atoms with E-state index in [2.05, 4.69) is 0 Å². The van der Waals surface area contributed by atoms with E-state index in [0.29, 0.717) is 24.3 Å². The van der Waals surface area contributed by atoms with Crippen molar-refractivity contribution in [1.82, 2.24) is 5.48 Å². The Balaban J connectivity index is 2.32. The highest BCUT2D eigenvalue weighted by atomic mass is 32.2. The summed E-state index contributed by atoms with van der Waals surface area (Å²) < 4.78 is 37.3. The first-order valence-corrected chi connectivity index (χ1v) is 10.5. The highest BCUT2D eigenvalue weighted by Crippen LogP contribution is 2.35. The number of benzene rings is 1. The average Bonchev–Trinajstić information content (AvgIpc) is 3.14. The summed E-state index contributed by atoms with van der Waals surface area (Å²) >= 11 is 0. The van der Waals surface area contributed by atoms with Crippen LogP contribution in [0.1, 0.15) is 51.9 Å². The van der Waals surface area contributed by atoms with Crippen molar-refractivity contribution in [2.45, 2.75) is 68.1 Å². The Morgan fingerprint density at radius 2 is 2.00 bits per heavy atom. The summed E-state index contributed by atoms with van der Waals surface area (Å²) in [6.45, 7) is 1.85. The van der Waals surface area contributed by atoms with Gasteiger partial charge in [0.1, 0.15) is 0 Å². The zero-order chi connectivity index (χ0) is 19.2. The summed E-state index contributed by atoms with van der Waals surface area (Å²) in [7, 11) is -2.25. The summed E-state index contributed by atoms with van der Waals surface area (Å²) in [5.74, 6) is 0.168. The van der Waals surface area contributed by atoms with E-state index >= 15 is 0 Å². The van der Waals surface area contributed by atoms with Gasteiger partial charge in [0.15, 0.2) is 21.3 Å². The van der Waals surface area contributed by atoms with E-state index in [0.717, 1.165) is 25.7 Å². The molecule has 0 heterocycles. The van der Waals surface area contributed by atoms with Crippen LogP contribution in [0.15, 0.2) is 23.1 Å². The molecule has 2 rings (SSSR count). The molecule has 1 aliphatic rings. The summed E-state index contributed by atoms with van der Waals surface area (Å²) in [5, 5.41) is 7.82. The first-order valence-electron chi connectivity index (χ1n) is 8.93. The highest BCUT2D eigenvalue weighted by Gasteiger charge is 2.30. The van der Waals surface area contributed by atoms with Gasteiger partial charge >= 0.3 is 0 Å². The van der Waals surface area contributed by atoms with Crippen LogP contribution in [0.5, 0.6) is 11.5 Å². The van der Waals surface area contributed by atoms with Crippen molar-refractivity contribution < 1.29 is 27.9 Å². The molecule has 7 nitrogen and oxygen atoms in total. The maximum atomic E-state index is 13.0. The fraction of sp³-hybridized carbons (Fsp3) is 0.611. The molecule has 1 aromatic rings. The Morgan fingerprint density at radius 1 is 1.31 bits per heavy atom. The SMILES string of the molecule is CCCC(CC(=O)NO)S(=O)(=O)c1ccc(OC)c(OC2CCCC2)c1. The monoisotopic (exact) mass is 385 g/mol. The van der Waals surface area contributed by atoms with E-state index in [-0.39, 0.29) is 17.4 Å². The van der Waals surface area contributed by atoms with Crippen molar-refractivity contribution in [2.75, 3.05) is 7.11 Å². The molecule has 0 bridgehead atoms. The first kappa shape index (κ1) is 20.5. The van der Waals surface area contributed by atoms with Gasteiger partial charge in [0.25, 0.3) is 0 Å². The van der Waals surface area contributed by atoms with Crippen LogP contribution in [0.4, 0.5) is 0 Å². The van der Waals surface area contributed by atoms with Gasteiger partial charge in [0.05, 0.1) is 23.4 Å². The molecular weight excluding hydrogens is 358 g/mol. The molecule has 1 atom stereocenters. The summed E-state index contributed by atoms with van der Waals surface area (Å²) in [5.41, 5.74) is 1.51. The Morgan fingerprint density at radius 3 is 2.58 bits per heavy atom. The van der Waals surface area contributed by atoms with Crippen molar-refractivity contribution in [1.29, 1.82) is 0 Å². The minimum absolute atomic E-state index is 0.0634. The maximum Gasteiger partial charge on any atom is 0.244 e. The molecule has 0 saturated heterocycles. The molecule has 2 N–H and O–H groups in total. The lowest BCUT2D eigenvalue weighted by Crippen LogP contribution is -2.30. The number of amides is 1. The predicted octanol–water partition coefficient (Wildman–Crippen LogP) is 2.85. The van der Waals surface area contributed by atoms with Gasteiger partial charge in [-0.15, -0.1) is 0 Å². The third-order valence-corrected chi connectivity index (χ3v) is 6.84. The standard InChI is InChI=1S/C18H27NO6S/c1-3-6-14(12-18(20)19-21)26(22,23)15-9-10-16(24-2)17(11-15)25-13-7-4-5-8-13/h9-11,13-14,21H,3-8,12H2,1-2H3,(H,19,20). The molecule has 0 aromatic heterocycles. The molecule has 0 radical (unpaired) electrons. The Kier molecular flexibility index (Phi) is 7.28. The second-order valence-electron chi connectivity index (χ2n) is 6.53. The van der Waals surface area contributed by atoms with E-state index in [9.17, 15) is 13.2 Å². The predicted molar refractivity (Wildman–Crippen MR) is 96.3 cm³/mol. The maximum absolute atomic E-state index is 13.0. The van der Waals surface area contributed by atoms with Crippen molar-refractivity contribution in [3.8, 4) is 11.5 Å². The lowest BCUT2D eigenvalue weighted by Gasteiger charge is -2.19. The van der Waals surface area contributed by atoms with E-state index in [1.165, 1.54) is 24.7 Å². The van der Waals surface area contributed by atoms with Gasteiger partial charge in [-0.1, -0.05) is 13.3 Å². The van der Waals surface area contributed by atoms with Gasteiger partial charge in [-0.3, -0.25) is 10.0 Å². The van der Waals surface area contributed by atoms with Gasteiger partial charge in [0.2, 0.25) is 5.91 Å². The summed E-state index contributed by atoms with van der Waals surface area (Å²) in [4.78, 5) is 11.6. The minimum atomic E-state index is -3.76. The highest BCUT2D eigenvalue weighted by molar-refractivity contribution is 7.92. The Bertz CT molecular complexity index is 712. The van der Waals surface area contributed by atoms with E-state index in [1.54, 1.807) is 6.07 Å². The largest absolute Gasteiger partial charge is 0.493 e. The third-order valence-electron chi connectivity index (χ3n) is 4.65. The zero-order valence-corrected chi connectivity index (χ0v) is 16.0. The normalized spacial score (nSPS) is 16.3. The average molecular weight is 385 g/mol. The molecule has 146 valence electrons. The molecule has 0 spiro atoms. The number of ether oxygens (including phenoxy) is 2. The van der Waals surface area contributed by atoms with Crippen molar-refractivity contribution in [2.24, 2.45) is 0 Å². The summed E-state index contributed by atoms with van der Waals surface area (Å²) in [6, 6.07) is 4.52. The van der Waals surface area contributed by atoms with Crippen LogP contribution in [0.3, 0.4) is 0 Å². The van der Waals surface area contributed by atoms with Gasteiger partial charge < -0.3 is 9.47 Å². The van der Waals surface area contributed by atoms with Crippen LogP contribution in [-0.4, -0.2) is 38.0 Å². The van der Waals surface area contributed by atoms with Gasteiger partial charge in [-0.05, 0) is 44.2 Å². The van der Waals surface area contributed by atoms with Crippen LogP contribution in [-0.2, 0) is 14.6 Å². The van der Waals surface area contributed by atoms with Crippen LogP contribution in [0, 0.1) is 0 Å². The van der Waals surface area contributed by atoms with E-state index in [4.69, 9.17) is 14.7 Å². The molecule has 1 amide bonds. The molecule has 1 unspecified atom stereocenters. The summed E-state index contributed by atoms with van der Waals surface area (Å²) in [6.07, 6.45) is 4.76. The number of methoxy groups -OCH3 is 1. The fourth-order valence-corrected chi connectivity index (χ4v) is 5.08. The van der Waals surface area contributed by atoms with Gasteiger partial charge in [0, 0.05) is 12.5 Å². The molecule has 1 saturated carbocycles. The molecule has 1 fully saturated rings. The van der Waals surface area contributed by atoms with Gasteiger partial charge in [-0.2, -0.15) is 0 Å². The topological polar surface area (TPSA) is 102 Å². The minimum Gasteiger partial charge on any atom is -0.493 e. The molecule has 26 heavy (non-hydrogen) atoms. The number of sulfone groups is 1. The Hall–Kier alpha value is -1.80. The molecular formula is C18H27NO6S. The quantitative estimate of drug-likeness (QED) is 0.501. The van der Waals surface area contributed by atoms with Crippen LogP contribution < -0.4 is 15.0 Å². The fourth-order valence-electron chi connectivity index (χ4n) is 3.25. The van der Waals surface area contributed by atoms with Gasteiger partial charge in [-0.25, -0.2) is 13.9 Å². The second kappa shape index (κ2) is 9.23. The zero-order valence-electron chi connectivity index (χ0n) is 15.2. The Labute approximate surface area is 154 Å². The van der Waals surface area contributed by atoms with Crippen molar-refractivity contribution >= 4 is 15.7 Å². The number of hydroxylamine groups is 1. The molecule has 1 aromatic carbocycles. The molecule has 0 aliphatic heterocycles. The lowest BCUT2D eigenvalue weighted by molar-refractivity contribution is -0.129. The first-order chi connectivity index (χ1) is 12.4. The van der Waals surface area contributed by atoms with Crippen LogP contribution in [0.2, 0.25) is 0 Å². The lowest BCUT2D eigenvalue weighted by atomic mass is 10.2. The van der Waals surface area contributed by atoms with Crippen molar-refractivity contribution in [3.63, 3.8) is 0 Å². The second-order valence-corrected chi connectivity index (χ2v) is 8.76.